The normalized spacial score (nSPS) is 13.5. The standard InChI is InChI=1S/C14H10O7/c1-5-2-8-6(4-20-5)12(16)10-9(21-8)3-7(15)13(17)11(10)14(18)19/h2-3,15,17H,4H2,1H3,(H,18,19). The highest BCUT2D eigenvalue weighted by molar-refractivity contribution is 6.06. The van der Waals surface area contributed by atoms with Crippen molar-refractivity contribution < 1.29 is 29.3 Å². The molecule has 0 radical (unpaired) electrons. The Morgan fingerprint density at radius 3 is 2.71 bits per heavy atom. The predicted molar refractivity (Wildman–Crippen MR) is 71.2 cm³/mol. The summed E-state index contributed by atoms with van der Waals surface area (Å²) in [6.07, 6.45) is 1.50. The first-order chi connectivity index (χ1) is 9.90. The third kappa shape index (κ3) is 1.82. The average Bonchev–Trinajstić information content (AvgIpc) is 2.40. The molecule has 2 aromatic rings. The summed E-state index contributed by atoms with van der Waals surface area (Å²) in [4.78, 5) is 23.7. The molecular weight excluding hydrogens is 280 g/mol. The van der Waals surface area contributed by atoms with Gasteiger partial charge in [0.2, 0.25) is 5.43 Å². The summed E-state index contributed by atoms with van der Waals surface area (Å²) in [7, 11) is 0. The Labute approximate surface area is 117 Å². The number of allylic oxidation sites excluding steroid dienone is 1. The number of carboxylic acids is 1. The van der Waals surface area contributed by atoms with E-state index in [1.54, 1.807) is 6.92 Å². The number of ether oxygens (including phenoxy) is 1. The van der Waals surface area contributed by atoms with E-state index in [1.807, 2.05) is 0 Å². The van der Waals surface area contributed by atoms with Crippen LogP contribution in [0.4, 0.5) is 0 Å². The van der Waals surface area contributed by atoms with Crippen molar-refractivity contribution in [1.82, 2.24) is 0 Å². The maximum absolute atomic E-state index is 12.4. The average molecular weight is 290 g/mol. The highest BCUT2D eigenvalue weighted by atomic mass is 16.5. The molecule has 1 aromatic heterocycles. The molecule has 7 nitrogen and oxygen atoms in total. The lowest BCUT2D eigenvalue weighted by molar-refractivity contribution is 0.0695. The molecule has 2 heterocycles. The zero-order valence-electron chi connectivity index (χ0n) is 10.8. The number of benzene rings is 1. The lowest BCUT2D eigenvalue weighted by atomic mass is 10.0. The first-order valence-electron chi connectivity index (χ1n) is 5.99. The van der Waals surface area contributed by atoms with Crippen LogP contribution in [0, 0.1) is 0 Å². The molecule has 108 valence electrons. The summed E-state index contributed by atoms with van der Waals surface area (Å²) >= 11 is 0. The second-order valence-electron chi connectivity index (χ2n) is 4.62. The maximum atomic E-state index is 12.4. The maximum Gasteiger partial charge on any atom is 0.340 e. The molecule has 1 aromatic carbocycles. The van der Waals surface area contributed by atoms with Crippen molar-refractivity contribution in [3.8, 4) is 11.5 Å². The Morgan fingerprint density at radius 1 is 1.33 bits per heavy atom. The molecule has 0 spiro atoms. The van der Waals surface area contributed by atoms with Gasteiger partial charge in [-0.2, -0.15) is 0 Å². The van der Waals surface area contributed by atoms with Crippen LogP contribution in [-0.4, -0.2) is 21.3 Å². The molecule has 3 N–H and O–H groups in total. The molecule has 7 heteroatoms. The molecule has 0 bridgehead atoms. The zero-order valence-corrected chi connectivity index (χ0v) is 10.8. The molecule has 0 unspecified atom stereocenters. The van der Waals surface area contributed by atoms with E-state index in [9.17, 15) is 19.8 Å². The Hall–Kier alpha value is -2.96. The number of phenols is 2. The van der Waals surface area contributed by atoms with Gasteiger partial charge in [0, 0.05) is 12.1 Å². The lowest BCUT2D eigenvalue weighted by Crippen LogP contribution is -2.17. The van der Waals surface area contributed by atoms with Gasteiger partial charge in [0.05, 0.1) is 16.7 Å². The first kappa shape index (κ1) is 13.0. The molecule has 0 amide bonds. The van der Waals surface area contributed by atoms with E-state index >= 15 is 0 Å². The Balaban J connectivity index is 2.52. The van der Waals surface area contributed by atoms with Crippen molar-refractivity contribution >= 4 is 23.0 Å². The van der Waals surface area contributed by atoms with E-state index in [4.69, 9.17) is 14.3 Å². The minimum atomic E-state index is -1.54. The van der Waals surface area contributed by atoms with Crippen LogP contribution in [0.25, 0.3) is 17.0 Å². The van der Waals surface area contributed by atoms with E-state index in [0.717, 1.165) is 6.07 Å². The van der Waals surface area contributed by atoms with E-state index in [2.05, 4.69) is 0 Å². The van der Waals surface area contributed by atoms with E-state index in [-0.39, 0.29) is 28.9 Å². The van der Waals surface area contributed by atoms with E-state index < -0.39 is 28.5 Å². The van der Waals surface area contributed by atoms with Gasteiger partial charge in [0.25, 0.3) is 0 Å². The molecule has 0 fully saturated rings. The number of hydrogen-bond acceptors (Lipinski definition) is 6. The number of carboxylic acid groups (broad SMARTS) is 1. The smallest absolute Gasteiger partial charge is 0.340 e. The summed E-state index contributed by atoms with van der Waals surface area (Å²) in [5.74, 6) is -2.28. The first-order valence-corrected chi connectivity index (χ1v) is 5.99. The van der Waals surface area contributed by atoms with E-state index in [0.29, 0.717) is 5.76 Å². The number of phenolic OH excluding ortho intramolecular Hbond substituents is 1. The van der Waals surface area contributed by atoms with Gasteiger partial charge in [-0.05, 0) is 6.92 Å². The lowest BCUT2D eigenvalue weighted by Gasteiger charge is -2.15. The van der Waals surface area contributed by atoms with Gasteiger partial charge < -0.3 is 24.5 Å². The highest BCUT2D eigenvalue weighted by Crippen LogP contribution is 2.36. The van der Waals surface area contributed by atoms with Crippen molar-refractivity contribution in [1.29, 1.82) is 0 Å². The summed E-state index contributed by atoms with van der Waals surface area (Å²) in [6, 6.07) is 1.01. The Bertz CT molecular complexity index is 873. The van der Waals surface area contributed by atoms with Crippen molar-refractivity contribution in [3.63, 3.8) is 0 Å². The molecule has 1 aliphatic heterocycles. The fourth-order valence-electron chi connectivity index (χ4n) is 2.26. The van der Waals surface area contributed by atoms with E-state index in [1.165, 1.54) is 6.08 Å². The molecule has 0 saturated heterocycles. The minimum absolute atomic E-state index is 0.0450. The van der Waals surface area contributed by atoms with Crippen molar-refractivity contribution in [2.45, 2.75) is 13.5 Å². The molecule has 3 rings (SSSR count). The van der Waals surface area contributed by atoms with Gasteiger partial charge in [0.1, 0.15) is 23.5 Å². The number of rotatable bonds is 1. The molecule has 0 atom stereocenters. The summed E-state index contributed by atoms with van der Waals surface area (Å²) in [5, 5.41) is 28.1. The van der Waals surface area contributed by atoms with Gasteiger partial charge in [-0.15, -0.1) is 0 Å². The fraction of sp³-hybridized carbons (Fsp3) is 0.143. The number of fused-ring (bicyclic) bond motifs is 2. The van der Waals surface area contributed by atoms with Gasteiger partial charge in [-0.25, -0.2) is 4.79 Å². The number of hydrogen-bond donors (Lipinski definition) is 3. The Morgan fingerprint density at radius 2 is 2.05 bits per heavy atom. The van der Waals surface area contributed by atoms with Gasteiger partial charge in [-0.3, -0.25) is 4.79 Å². The van der Waals surface area contributed by atoms with Gasteiger partial charge in [-0.1, -0.05) is 0 Å². The van der Waals surface area contributed by atoms with Crippen molar-refractivity contribution in [2.24, 2.45) is 0 Å². The second kappa shape index (κ2) is 4.27. The van der Waals surface area contributed by atoms with Crippen LogP contribution in [-0.2, 0) is 11.3 Å². The topological polar surface area (TPSA) is 117 Å². The van der Waals surface area contributed by atoms with Crippen LogP contribution < -0.4 is 5.43 Å². The van der Waals surface area contributed by atoms with Crippen LogP contribution >= 0.6 is 0 Å². The number of aromatic carboxylic acids is 1. The SMILES string of the molecule is CC1=Cc2oc3cc(O)c(O)c(C(=O)O)c3c(=O)c2CO1. The molecule has 21 heavy (non-hydrogen) atoms. The molecule has 1 aliphatic rings. The molecule has 0 saturated carbocycles. The van der Waals surface area contributed by atoms with Crippen molar-refractivity contribution in [3.05, 3.63) is 38.9 Å². The van der Waals surface area contributed by atoms with Gasteiger partial charge >= 0.3 is 5.97 Å². The number of aromatic hydroxyl groups is 2. The summed E-state index contributed by atoms with van der Waals surface area (Å²) < 4.78 is 10.7. The molecule has 0 aliphatic carbocycles. The van der Waals surface area contributed by atoms with Crippen LogP contribution in [0.2, 0.25) is 0 Å². The van der Waals surface area contributed by atoms with Gasteiger partial charge in [0.15, 0.2) is 11.5 Å². The second-order valence-corrected chi connectivity index (χ2v) is 4.62. The zero-order chi connectivity index (χ0) is 15.3. The molecular formula is C14H10O7. The Kier molecular flexibility index (Phi) is 2.65. The minimum Gasteiger partial charge on any atom is -0.504 e. The summed E-state index contributed by atoms with van der Waals surface area (Å²) in [6.45, 7) is 1.64. The third-order valence-electron chi connectivity index (χ3n) is 3.25. The van der Waals surface area contributed by atoms with Crippen molar-refractivity contribution in [2.75, 3.05) is 0 Å². The quantitative estimate of drug-likeness (QED) is 0.685. The number of carbonyl (C=O) groups is 1. The van der Waals surface area contributed by atoms with Crippen LogP contribution in [0.15, 0.2) is 21.0 Å². The highest BCUT2D eigenvalue weighted by Gasteiger charge is 2.26. The fourth-order valence-corrected chi connectivity index (χ4v) is 2.26. The van der Waals surface area contributed by atoms with Crippen LogP contribution in [0.3, 0.4) is 0 Å². The third-order valence-corrected chi connectivity index (χ3v) is 3.25. The largest absolute Gasteiger partial charge is 0.504 e. The monoisotopic (exact) mass is 290 g/mol. The van der Waals surface area contributed by atoms with Crippen LogP contribution in [0.1, 0.15) is 28.6 Å². The summed E-state index contributed by atoms with van der Waals surface area (Å²) in [5.41, 5.74) is -1.24. The predicted octanol–water partition coefficient (Wildman–Crippen LogP) is 1.79. The van der Waals surface area contributed by atoms with Crippen LogP contribution in [0.5, 0.6) is 11.5 Å².